The summed E-state index contributed by atoms with van der Waals surface area (Å²) in [7, 11) is 1.08. The number of rotatable bonds is 8. The van der Waals surface area contributed by atoms with Crippen molar-refractivity contribution < 1.29 is 23.8 Å². The third kappa shape index (κ3) is 5.64. The van der Waals surface area contributed by atoms with Gasteiger partial charge in [-0.3, -0.25) is 4.68 Å². The number of carbonyl (C=O) groups is 1. The van der Waals surface area contributed by atoms with Crippen LogP contribution in [0.25, 0.3) is 44.3 Å². The molecule has 0 radical (unpaired) electrons. The molecular weight excluding hydrogens is 590 g/mol. The Morgan fingerprint density at radius 3 is 2.56 bits per heavy atom. The SMILES string of the molecule is COC(=O)c1c2cc(-c3nn(C4CCCCO4)c4ncc(-c5cnn(C)c5O)cc34)ccc2nn1CCO[Si](C)(C)C(C)(C)C. The van der Waals surface area contributed by atoms with Crippen LogP contribution in [0.15, 0.2) is 36.7 Å². The topological polar surface area (TPSA) is 131 Å². The third-order valence-electron chi connectivity index (χ3n) is 9.16. The second-order valence-electron chi connectivity index (χ2n) is 13.1. The van der Waals surface area contributed by atoms with E-state index < -0.39 is 14.3 Å². The number of hydrogen-bond donors (Lipinski definition) is 1. The van der Waals surface area contributed by atoms with E-state index in [0.717, 1.165) is 30.2 Å². The Balaban J connectivity index is 1.45. The molecule has 5 aromatic rings. The van der Waals surface area contributed by atoms with Gasteiger partial charge in [0, 0.05) is 41.8 Å². The van der Waals surface area contributed by atoms with Crippen molar-refractivity contribution in [2.24, 2.45) is 7.05 Å². The number of aromatic hydroxyl groups is 1. The molecule has 1 aliphatic heterocycles. The Hall–Kier alpha value is -4.07. The lowest BCUT2D eigenvalue weighted by Gasteiger charge is -2.36. The maximum atomic E-state index is 13.1. The van der Waals surface area contributed by atoms with Crippen LogP contribution < -0.4 is 0 Å². The molecule has 1 aliphatic rings. The largest absolute Gasteiger partial charge is 0.493 e. The van der Waals surface area contributed by atoms with E-state index in [4.69, 9.17) is 29.1 Å². The highest BCUT2D eigenvalue weighted by molar-refractivity contribution is 6.74. The molecule has 5 heterocycles. The van der Waals surface area contributed by atoms with Gasteiger partial charge in [0.1, 0.15) is 5.69 Å². The molecule has 12 nitrogen and oxygen atoms in total. The van der Waals surface area contributed by atoms with Gasteiger partial charge in [0.15, 0.2) is 25.9 Å². The number of carbonyl (C=O) groups excluding carboxylic acids is 1. The van der Waals surface area contributed by atoms with Gasteiger partial charge in [0.05, 0.1) is 37.5 Å². The van der Waals surface area contributed by atoms with Crippen molar-refractivity contribution in [3.05, 3.63) is 42.4 Å². The molecule has 1 fully saturated rings. The molecule has 1 unspecified atom stereocenters. The molecule has 4 aromatic heterocycles. The fraction of sp³-hybridized carbons (Fsp3) is 0.469. The average Bonchev–Trinajstić information content (AvgIpc) is 3.68. The minimum Gasteiger partial charge on any atom is -0.493 e. The number of ether oxygens (including phenoxy) is 2. The third-order valence-corrected chi connectivity index (χ3v) is 13.7. The standard InChI is InChI=1S/C32H41N7O5Si/c1-32(2,3)45(6,7)44-15-13-38-28(31(41)42-5)22-16-20(11-12-25(22)35-38)27-23-17-21(24-19-34-37(4)30(24)40)18-33-29(23)39(36-27)26-10-8-9-14-43-26/h11-12,16-19,26,40H,8-10,13-15H2,1-7H3. The van der Waals surface area contributed by atoms with Crippen LogP contribution in [0.5, 0.6) is 5.88 Å². The minimum atomic E-state index is -1.98. The van der Waals surface area contributed by atoms with Gasteiger partial charge >= 0.3 is 5.97 Å². The highest BCUT2D eigenvalue weighted by Gasteiger charge is 2.37. The molecule has 45 heavy (non-hydrogen) atoms. The van der Waals surface area contributed by atoms with Crippen molar-refractivity contribution >= 4 is 36.2 Å². The van der Waals surface area contributed by atoms with Crippen LogP contribution in [0, 0.1) is 0 Å². The number of aromatic nitrogens is 7. The van der Waals surface area contributed by atoms with Crippen LogP contribution >= 0.6 is 0 Å². The van der Waals surface area contributed by atoms with Crippen LogP contribution in [0.4, 0.5) is 0 Å². The quantitative estimate of drug-likeness (QED) is 0.160. The van der Waals surface area contributed by atoms with E-state index in [-0.39, 0.29) is 17.1 Å². The first-order valence-corrected chi connectivity index (χ1v) is 18.2. The lowest BCUT2D eigenvalue weighted by atomic mass is 10.0. The zero-order chi connectivity index (χ0) is 32.1. The molecule has 13 heteroatoms. The molecule has 1 N–H and O–H groups in total. The van der Waals surface area contributed by atoms with Gasteiger partial charge < -0.3 is 19.0 Å². The van der Waals surface area contributed by atoms with E-state index in [0.29, 0.717) is 58.8 Å². The van der Waals surface area contributed by atoms with E-state index in [1.165, 1.54) is 11.8 Å². The molecule has 0 aliphatic carbocycles. The monoisotopic (exact) mass is 631 g/mol. The summed E-state index contributed by atoms with van der Waals surface area (Å²) in [6.45, 7) is 12.5. The Morgan fingerprint density at radius 2 is 1.89 bits per heavy atom. The van der Waals surface area contributed by atoms with Crippen LogP contribution in [0.3, 0.4) is 0 Å². The molecule has 0 amide bonds. The van der Waals surface area contributed by atoms with Crippen LogP contribution in [0.1, 0.15) is 56.8 Å². The van der Waals surface area contributed by atoms with Gasteiger partial charge in [-0.15, -0.1) is 0 Å². The maximum absolute atomic E-state index is 13.1. The van der Waals surface area contributed by atoms with E-state index in [2.05, 4.69) is 39.0 Å². The van der Waals surface area contributed by atoms with Crippen LogP contribution in [0.2, 0.25) is 18.1 Å². The van der Waals surface area contributed by atoms with Crippen molar-refractivity contribution in [1.29, 1.82) is 0 Å². The Labute approximate surface area is 263 Å². The fourth-order valence-corrected chi connectivity index (χ4v) is 6.53. The predicted octanol–water partition coefficient (Wildman–Crippen LogP) is 6.06. The second-order valence-corrected chi connectivity index (χ2v) is 17.9. The van der Waals surface area contributed by atoms with Crippen molar-refractivity contribution in [1.82, 2.24) is 34.3 Å². The summed E-state index contributed by atoms with van der Waals surface area (Å²) in [5.74, 6) is -0.418. The lowest BCUT2D eigenvalue weighted by Crippen LogP contribution is -2.41. The molecule has 0 saturated carbocycles. The number of nitrogens with zero attached hydrogens (tertiary/aromatic N) is 7. The summed E-state index contributed by atoms with van der Waals surface area (Å²) in [4.78, 5) is 17.9. The number of aryl methyl sites for hydroxylation is 1. The zero-order valence-electron chi connectivity index (χ0n) is 27.0. The Kier molecular flexibility index (Phi) is 8.04. The first-order valence-electron chi connectivity index (χ1n) is 15.3. The van der Waals surface area contributed by atoms with Gasteiger partial charge in [-0.05, 0) is 55.6 Å². The van der Waals surface area contributed by atoms with Crippen molar-refractivity contribution in [2.45, 2.75) is 70.9 Å². The lowest BCUT2D eigenvalue weighted by molar-refractivity contribution is -0.0368. The summed E-state index contributed by atoms with van der Waals surface area (Å²) >= 11 is 0. The number of fused-ring (bicyclic) bond motifs is 2. The highest BCUT2D eigenvalue weighted by atomic mass is 28.4. The second kappa shape index (κ2) is 11.7. The summed E-state index contributed by atoms with van der Waals surface area (Å²) in [6.07, 6.45) is 5.98. The van der Waals surface area contributed by atoms with Gasteiger partial charge in [0.2, 0.25) is 5.88 Å². The molecule has 1 aromatic carbocycles. The first-order chi connectivity index (χ1) is 21.4. The number of hydrogen-bond acceptors (Lipinski definition) is 9. The normalized spacial score (nSPS) is 16.1. The molecule has 0 spiro atoms. The number of methoxy groups -OCH3 is 1. The zero-order valence-corrected chi connectivity index (χ0v) is 28.0. The van der Waals surface area contributed by atoms with Gasteiger partial charge in [0.25, 0.3) is 0 Å². The van der Waals surface area contributed by atoms with E-state index in [1.54, 1.807) is 24.1 Å². The van der Waals surface area contributed by atoms with E-state index >= 15 is 0 Å². The number of benzene rings is 1. The van der Waals surface area contributed by atoms with Gasteiger partial charge in [-0.1, -0.05) is 26.8 Å². The van der Waals surface area contributed by atoms with Crippen molar-refractivity contribution in [3.63, 3.8) is 0 Å². The molecule has 6 rings (SSSR count). The summed E-state index contributed by atoms with van der Waals surface area (Å²) in [6, 6.07) is 7.75. The van der Waals surface area contributed by atoms with Crippen LogP contribution in [-0.2, 0) is 27.5 Å². The summed E-state index contributed by atoms with van der Waals surface area (Å²) < 4.78 is 22.7. The van der Waals surface area contributed by atoms with E-state index in [1.807, 2.05) is 28.9 Å². The number of pyridine rings is 1. The summed E-state index contributed by atoms with van der Waals surface area (Å²) in [5, 5.41) is 26.1. The Bertz CT molecular complexity index is 1880. The van der Waals surface area contributed by atoms with Crippen molar-refractivity contribution in [2.75, 3.05) is 20.3 Å². The average molecular weight is 632 g/mol. The molecule has 0 bridgehead atoms. The summed E-state index contributed by atoms with van der Waals surface area (Å²) in [5.41, 5.74) is 4.48. The van der Waals surface area contributed by atoms with Crippen molar-refractivity contribution in [3.8, 4) is 28.3 Å². The molecule has 238 valence electrons. The van der Waals surface area contributed by atoms with Crippen LogP contribution in [-0.4, -0.2) is 74.0 Å². The molecule has 1 atom stereocenters. The smallest absolute Gasteiger partial charge is 0.356 e. The number of esters is 1. The van der Waals surface area contributed by atoms with E-state index in [9.17, 15) is 9.90 Å². The maximum Gasteiger partial charge on any atom is 0.356 e. The molecule has 1 saturated heterocycles. The first kappa shape index (κ1) is 30.9. The van der Waals surface area contributed by atoms with Gasteiger partial charge in [-0.2, -0.15) is 15.3 Å². The minimum absolute atomic E-state index is 0.0507. The molecular formula is C32H41N7O5Si. The van der Waals surface area contributed by atoms with Gasteiger partial charge in [-0.25, -0.2) is 19.1 Å². The predicted molar refractivity (Wildman–Crippen MR) is 173 cm³/mol. The Morgan fingerprint density at radius 1 is 1.11 bits per heavy atom. The fourth-order valence-electron chi connectivity index (χ4n) is 5.49. The highest BCUT2D eigenvalue weighted by Crippen LogP contribution is 2.38.